The number of aromatic amines is 1. The molecular weight excluding hydrogens is 260 g/mol. The van der Waals surface area contributed by atoms with E-state index in [1.807, 2.05) is 0 Å². The van der Waals surface area contributed by atoms with Crippen molar-refractivity contribution in [2.75, 3.05) is 6.54 Å². The molecule has 7 heteroatoms. The Morgan fingerprint density at radius 1 is 1.30 bits per heavy atom. The van der Waals surface area contributed by atoms with Gasteiger partial charge < -0.3 is 15.6 Å². The summed E-state index contributed by atoms with van der Waals surface area (Å²) in [6.45, 7) is 0.447. The Hall–Kier alpha value is -2.57. The molecule has 1 aliphatic heterocycles. The summed E-state index contributed by atoms with van der Waals surface area (Å²) in [5, 5.41) is 0. The first-order chi connectivity index (χ1) is 9.59. The maximum Gasteiger partial charge on any atom is 0.333 e. The highest BCUT2D eigenvalue weighted by molar-refractivity contribution is 5.95. The van der Waals surface area contributed by atoms with Crippen LogP contribution in [0.1, 0.15) is 17.6 Å². The van der Waals surface area contributed by atoms with Gasteiger partial charge in [-0.3, -0.25) is 4.79 Å². The van der Waals surface area contributed by atoms with Gasteiger partial charge in [-0.15, -0.1) is 0 Å². The zero-order chi connectivity index (χ0) is 14.3. The number of carbonyl (C=O) groups is 2. The van der Waals surface area contributed by atoms with Crippen molar-refractivity contribution in [3.63, 3.8) is 0 Å². The van der Waals surface area contributed by atoms with Gasteiger partial charge in [-0.25, -0.2) is 14.2 Å². The molecular formula is C13H14N4O3. The first-order valence-corrected chi connectivity index (χ1v) is 6.39. The van der Waals surface area contributed by atoms with Crippen LogP contribution in [0.3, 0.4) is 0 Å². The van der Waals surface area contributed by atoms with Crippen LogP contribution in [-0.2, 0) is 0 Å². The minimum absolute atomic E-state index is 0.413. The second-order valence-corrected chi connectivity index (χ2v) is 4.81. The molecule has 0 radical (unpaired) electrons. The van der Waals surface area contributed by atoms with Crippen molar-refractivity contribution >= 4 is 23.0 Å². The molecule has 1 aromatic heterocycles. The van der Waals surface area contributed by atoms with Crippen molar-refractivity contribution in [3.8, 4) is 0 Å². The Bertz CT molecular complexity index is 745. The number of primary amides is 1. The third kappa shape index (κ3) is 1.78. The van der Waals surface area contributed by atoms with E-state index >= 15 is 0 Å². The van der Waals surface area contributed by atoms with Crippen LogP contribution in [0, 0.1) is 0 Å². The largest absolute Gasteiger partial charge is 0.351 e. The van der Waals surface area contributed by atoms with Crippen LogP contribution in [0.5, 0.6) is 0 Å². The number of nitrogens with two attached hydrogens (primary N) is 1. The van der Waals surface area contributed by atoms with Gasteiger partial charge in [-0.2, -0.15) is 0 Å². The van der Waals surface area contributed by atoms with E-state index in [2.05, 4.69) is 4.98 Å². The third-order valence-electron chi connectivity index (χ3n) is 3.63. The monoisotopic (exact) mass is 274 g/mol. The van der Waals surface area contributed by atoms with Crippen molar-refractivity contribution in [2.24, 2.45) is 5.73 Å². The van der Waals surface area contributed by atoms with E-state index in [9.17, 15) is 14.4 Å². The predicted molar refractivity (Wildman–Crippen MR) is 72.5 cm³/mol. The van der Waals surface area contributed by atoms with Crippen LogP contribution in [0.4, 0.5) is 4.79 Å². The molecule has 3 N–H and O–H groups in total. The molecule has 0 aliphatic carbocycles. The first kappa shape index (κ1) is 12.5. The number of aromatic nitrogens is 2. The zero-order valence-corrected chi connectivity index (χ0v) is 10.7. The number of H-pyrrole nitrogens is 1. The van der Waals surface area contributed by atoms with E-state index < -0.39 is 23.7 Å². The lowest BCUT2D eigenvalue weighted by Crippen LogP contribution is -2.46. The zero-order valence-electron chi connectivity index (χ0n) is 10.7. The van der Waals surface area contributed by atoms with Crippen LogP contribution < -0.4 is 11.4 Å². The van der Waals surface area contributed by atoms with Gasteiger partial charge in [0.2, 0.25) is 0 Å². The molecule has 7 nitrogen and oxygen atoms in total. The predicted octanol–water partition coefficient (Wildman–Crippen LogP) is 0.513. The van der Waals surface area contributed by atoms with Crippen LogP contribution in [0.15, 0.2) is 29.1 Å². The fourth-order valence-electron chi connectivity index (χ4n) is 2.71. The minimum atomic E-state index is -0.663. The molecule has 2 amide bonds. The van der Waals surface area contributed by atoms with E-state index in [-0.39, 0.29) is 0 Å². The van der Waals surface area contributed by atoms with Gasteiger partial charge in [0.1, 0.15) is 6.04 Å². The van der Waals surface area contributed by atoms with Crippen LogP contribution >= 0.6 is 0 Å². The van der Waals surface area contributed by atoms with Crippen molar-refractivity contribution in [1.82, 2.24) is 14.5 Å². The smallest absolute Gasteiger partial charge is 0.333 e. The molecule has 20 heavy (non-hydrogen) atoms. The minimum Gasteiger partial charge on any atom is -0.351 e. The van der Waals surface area contributed by atoms with Gasteiger partial charge in [0.15, 0.2) is 0 Å². The number of urea groups is 1. The summed E-state index contributed by atoms with van der Waals surface area (Å²) < 4.78 is 1.08. The highest BCUT2D eigenvalue weighted by atomic mass is 16.2. The van der Waals surface area contributed by atoms with Crippen molar-refractivity contribution < 1.29 is 9.59 Å². The molecule has 104 valence electrons. The standard InChI is InChI=1S/C13H14N4O3/c14-12(19)16-7-3-6-10(16)11(18)17-9-5-2-1-4-8(9)15-13(17)20/h1-2,4-5,10H,3,6-7H2,(H2,14,19)(H,15,20). The van der Waals surface area contributed by atoms with E-state index in [0.29, 0.717) is 30.4 Å². The van der Waals surface area contributed by atoms with Crippen LogP contribution in [-0.4, -0.2) is 39.0 Å². The van der Waals surface area contributed by atoms with Crippen molar-refractivity contribution in [3.05, 3.63) is 34.7 Å². The number of imidazole rings is 1. The SMILES string of the molecule is NC(=O)N1CCCC1C(=O)n1c(=O)[nH]c2ccccc21. The molecule has 1 saturated heterocycles. The summed E-state index contributed by atoms with van der Waals surface area (Å²) in [7, 11) is 0. The Kier molecular flexibility index (Phi) is 2.81. The number of rotatable bonds is 1. The molecule has 3 rings (SSSR count). The fraction of sp³-hybridized carbons (Fsp3) is 0.308. The topological polar surface area (TPSA) is 101 Å². The Morgan fingerprint density at radius 2 is 2.05 bits per heavy atom. The van der Waals surface area contributed by atoms with Gasteiger partial charge in [0.05, 0.1) is 11.0 Å². The summed E-state index contributed by atoms with van der Waals surface area (Å²) in [5.41, 5.74) is 5.88. The van der Waals surface area contributed by atoms with Gasteiger partial charge in [-0.1, -0.05) is 12.1 Å². The van der Waals surface area contributed by atoms with Crippen molar-refractivity contribution in [2.45, 2.75) is 18.9 Å². The van der Waals surface area contributed by atoms with Gasteiger partial charge in [-0.05, 0) is 25.0 Å². The molecule has 0 spiro atoms. The van der Waals surface area contributed by atoms with Gasteiger partial charge in [0.25, 0.3) is 5.91 Å². The maximum atomic E-state index is 12.6. The highest BCUT2D eigenvalue weighted by Gasteiger charge is 2.35. The second kappa shape index (κ2) is 4.52. The summed E-state index contributed by atoms with van der Waals surface area (Å²) in [5.74, 6) is -0.413. The summed E-state index contributed by atoms with van der Waals surface area (Å²) in [6.07, 6.45) is 1.23. The number of hydrogen-bond donors (Lipinski definition) is 2. The average Bonchev–Trinajstić information content (AvgIpc) is 3.01. The summed E-state index contributed by atoms with van der Waals surface area (Å²) in [6, 6.07) is 5.65. The molecule has 1 aliphatic rings. The lowest BCUT2D eigenvalue weighted by molar-refractivity contribution is 0.0807. The number of nitrogens with one attached hydrogen (secondary N) is 1. The normalized spacial score (nSPS) is 18.6. The number of fused-ring (bicyclic) bond motifs is 1. The molecule has 2 heterocycles. The lowest BCUT2D eigenvalue weighted by Gasteiger charge is -2.21. The Labute approximate surface area is 114 Å². The Morgan fingerprint density at radius 3 is 2.80 bits per heavy atom. The number of nitrogens with zero attached hydrogens (tertiary/aromatic N) is 2. The number of para-hydroxylation sites is 2. The van der Waals surface area contributed by atoms with E-state index in [4.69, 9.17) is 5.73 Å². The first-order valence-electron chi connectivity index (χ1n) is 6.39. The summed E-state index contributed by atoms with van der Waals surface area (Å²) >= 11 is 0. The number of hydrogen-bond acceptors (Lipinski definition) is 3. The fourth-order valence-corrected chi connectivity index (χ4v) is 2.71. The van der Waals surface area contributed by atoms with Crippen LogP contribution in [0.2, 0.25) is 0 Å². The number of amides is 2. The highest BCUT2D eigenvalue weighted by Crippen LogP contribution is 2.19. The number of likely N-dealkylation sites (tertiary alicyclic amines) is 1. The van der Waals surface area contributed by atoms with E-state index in [1.54, 1.807) is 24.3 Å². The maximum absolute atomic E-state index is 12.6. The molecule has 1 atom stereocenters. The average molecular weight is 274 g/mol. The molecule has 2 aromatic rings. The van der Waals surface area contributed by atoms with E-state index in [1.165, 1.54) is 4.90 Å². The molecule has 1 aromatic carbocycles. The second-order valence-electron chi connectivity index (χ2n) is 4.81. The number of benzene rings is 1. The molecule has 0 bridgehead atoms. The lowest BCUT2D eigenvalue weighted by atomic mass is 10.2. The van der Waals surface area contributed by atoms with E-state index in [0.717, 1.165) is 4.57 Å². The van der Waals surface area contributed by atoms with Gasteiger partial charge in [0, 0.05) is 6.54 Å². The summed E-state index contributed by atoms with van der Waals surface area (Å²) in [4.78, 5) is 39.8. The number of carbonyl (C=O) groups excluding carboxylic acids is 2. The Balaban J connectivity index is 2.07. The quantitative estimate of drug-likeness (QED) is 0.792. The molecule has 1 fully saturated rings. The van der Waals surface area contributed by atoms with Crippen molar-refractivity contribution in [1.29, 1.82) is 0 Å². The molecule has 1 unspecified atom stereocenters. The van der Waals surface area contributed by atoms with Crippen LogP contribution in [0.25, 0.3) is 11.0 Å². The molecule has 0 saturated carbocycles. The van der Waals surface area contributed by atoms with Gasteiger partial charge >= 0.3 is 11.7 Å². The third-order valence-corrected chi connectivity index (χ3v) is 3.63.